The van der Waals surface area contributed by atoms with Crippen LogP contribution in [0.2, 0.25) is 5.02 Å². The first-order valence-corrected chi connectivity index (χ1v) is 9.19. The van der Waals surface area contributed by atoms with Crippen LogP contribution in [0, 0.1) is 6.92 Å². The molecular formula is C13H11Br2ClN2O2S. The molecule has 0 aromatic heterocycles. The first-order valence-electron chi connectivity index (χ1n) is 5.74. The molecule has 0 aliphatic heterocycles. The van der Waals surface area contributed by atoms with Crippen molar-refractivity contribution in [1.29, 1.82) is 0 Å². The lowest BCUT2D eigenvalue weighted by atomic mass is 10.2. The number of benzene rings is 2. The number of hydrogen-bond acceptors (Lipinski definition) is 3. The minimum Gasteiger partial charge on any atom is -0.398 e. The van der Waals surface area contributed by atoms with E-state index in [4.69, 9.17) is 17.3 Å². The number of nitrogen functional groups attached to an aromatic ring is 1. The van der Waals surface area contributed by atoms with Crippen LogP contribution in [0.15, 0.2) is 44.2 Å². The molecule has 2 rings (SSSR count). The second-order valence-corrected chi connectivity index (χ2v) is 8.17. The Bertz CT molecular complexity index is 810. The van der Waals surface area contributed by atoms with Crippen molar-refractivity contribution in [2.75, 3.05) is 10.5 Å². The van der Waals surface area contributed by atoms with Crippen molar-refractivity contribution in [3.05, 3.63) is 49.9 Å². The van der Waals surface area contributed by atoms with Gasteiger partial charge in [0.05, 0.1) is 10.6 Å². The molecule has 0 amide bonds. The Balaban J connectivity index is 2.42. The number of halogens is 3. The van der Waals surface area contributed by atoms with Crippen LogP contribution in [-0.4, -0.2) is 8.42 Å². The fourth-order valence-corrected chi connectivity index (χ4v) is 4.08. The molecule has 3 N–H and O–H groups in total. The van der Waals surface area contributed by atoms with E-state index in [9.17, 15) is 8.42 Å². The van der Waals surface area contributed by atoms with Gasteiger partial charge in [0.1, 0.15) is 0 Å². The minimum absolute atomic E-state index is 0.104. The zero-order valence-corrected chi connectivity index (χ0v) is 15.6. The van der Waals surface area contributed by atoms with Crippen LogP contribution in [-0.2, 0) is 10.0 Å². The summed E-state index contributed by atoms with van der Waals surface area (Å²) in [4.78, 5) is 0.104. The van der Waals surface area contributed by atoms with Crippen molar-refractivity contribution >= 4 is 64.9 Å². The van der Waals surface area contributed by atoms with Gasteiger partial charge in [-0.3, -0.25) is 4.72 Å². The zero-order chi connectivity index (χ0) is 15.8. The third-order valence-corrected chi connectivity index (χ3v) is 5.89. The van der Waals surface area contributed by atoms with Crippen molar-refractivity contribution in [1.82, 2.24) is 0 Å². The third-order valence-electron chi connectivity index (χ3n) is 2.77. The Morgan fingerprint density at radius 3 is 2.43 bits per heavy atom. The molecule has 0 saturated carbocycles. The van der Waals surface area contributed by atoms with E-state index >= 15 is 0 Å². The molecule has 8 heteroatoms. The maximum absolute atomic E-state index is 12.4. The van der Waals surface area contributed by atoms with Gasteiger partial charge in [0, 0.05) is 19.7 Å². The molecule has 2 aromatic carbocycles. The Labute approximate surface area is 145 Å². The predicted octanol–water partition coefficient (Wildman–Crippen LogP) is 4.56. The van der Waals surface area contributed by atoms with Crippen molar-refractivity contribution in [2.24, 2.45) is 0 Å². The topological polar surface area (TPSA) is 72.2 Å². The maximum atomic E-state index is 12.4. The van der Waals surface area contributed by atoms with E-state index in [1.54, 1.807) is 12.1 Å². The molecule has 0 aliphatic rings. The summed E-state index contributed by atoms with van der Waals surface area (Å²) >= 11 is 12.6. The molecular weight excluding hydrogens is 443 g/mol. The van der Waals surface area contributed by atoms with Gasteiger partial charge in [-0.25, -0.2) is 8.42 Å². The molecule has 0 radical (unpaired) electrons. The van der Waals surface area contributed by atoms with Gasteiger partial charge in [0.2, 0.25) is 0 Å². The molecule has 0 fully saturated rings. The first-order chi connectivity index (χ1) is 9.70. The molecule has 112 valence electrons. The lowest BCUT2D eigenvalue weighted by Crippen LogP contribution is -2.13. The van der Waals surface area contributed by atoms with E-state index in [0.717, 1.165) is 5.56 Å². The second-order valence-electron chi connectivity index (χ2n) is 4.37. The van der Waals surface area contributed by atoms with Gasteiger partial charge in [-0.05, 0) is 74.7 Å². The summed E-state index contributed by atoms with van der Waals surface area (Å²) in [5, 5.41) is 0.481. The standard InChI is InChI=1S/C13H11Br2ClN2O2S/c1-7-4-10(15)13(6-11(7)16)18-21(19,20)8-2-3-12(17)9(14)5-8/h2-6,18H,17H2,1H3. The van der Waals surface area contributed by atoms with Crippen LogP contribution in [0.25, 0.3) is 0 Å². The van der Waals surface area contributed by atoms with Gasteiger partial charge in [0.15, 0.2) is 0 Å². The van der Waals surface area contributed by atoms with Crippen LogP contribution < -0.4 is 10.5 Å². The summed E-state index contributed by atoms with van der Waals surface area (Å²) in [6.07, 6.45) is 0. The fourth-order valence-electron chi connectivity index (χ4n) is 1.60. The van der Waals surface area contributed by atoms with Crippen LogP contribution in [0.3, 0.4) is 0 Å². The summed E-state index contributed by atoms with van der Waals surface area (Å²) in [6, 6.07) is 7.72. The highest BCUT2D eigenvalue weighted by Crippen LogP contribution is 2.31. The van der Waals surface area contributed by atoms with Crippen molar-refractivity contribution < 1.29 is 8.42 Å². The highest BCUT2D eigenvalue weighted by Gasteiger charge is 2.17. The van der Waals surface area contributed by atoms with Crippen molar-refractivity contribution in [3.63, 3.8) is 0 Å². The highest BCUT2D eigenvalue weighted by molar-refractivity contribution is 9.11. The molecule has 2 aromatic rings. The van der Waals surface area contributed by atoms with Gasteiger partial charge in [0.25, 0.3) is 10.0 Å². The second kappa shape index (κ2) is 6.16. The van der Waals surface area contributed by atoms with E-state index in [2.05, 4.69) is 36.6 Å². The molecule has 21 heavy (non-hydrogen) atoms. The maximum Gasteiger partial charge on any atom is 0.261 e. The number of nitrogens with two attached hydrogens (primary N) is 1. The fraction of sp³-hybridized carbons (Fsp3) is 0.0769. The average molecular weight is 455 g/mol. The van der Waals surface area contributed by atoms with Gasteiger partial charge in [-0.1, -0.05) is 11.6 Å². The number of aryl methyl sites for hydroxylation is 1. The molecule has 0 saturated heterocycles. The summed E-state index contributed by atoms with van der Waals surface area (Å²) in [5.74, 6) is 0. The van der Waals surface area contributed by atoms with E-state index in [1.807, 2.05) is 6.92 Å². The van der Waals surface area contributed by atoms with E-state index < -0.39 is 10.0 Å². The minimum atomic E-state index is -3.73. The SMILES string of the molecule is Cc1cc(Br)c(NS(=O)(=O)c2ccc(N)c(Br)c2)cc1Cl. The van der Waals surface area contributed by atoms with Crippen molar-refractivity contribution in [2.45, 2.75) is 11.8 Å². The summed E-state index contributed by atoms with van der Waals surface area (Å²) < 4.78 is 28.4. The number of hydrogen-bond donors (Lipinski definition) is 2. The van der Waals surface area contributed by atoms with Crippen LogP contribution in [0.1, 0.15) is 5.56 Å². The van der Waals surface area contributed by atoms with E-state index in [0.29, 0.717) is 25.3 Å². The third kappa shape index (κ3) is 3.71. The largest absolute Gasteiger partial charge is 0.398 e. The summed E-state index contributed by atoms with van der Waals surface area (Å²) in [6.45, 7) is 1.84. The predicted molar refractivity (Wildman–Crippen MR) is 93.3 cm³/mol. The van der Waals surface area contributed by atoms with Crippen molar-refractivity contribution in [3.8, 4) is 0 Å². The zero-order valence-electron chi connectivity index (χ0n) is 10.8. The Morgan fingerprint density at radius 2 is 1.81 bits per heavy atom. The monoisotopic (exact) mass is 452 g/mol. The number of sulfonamides is 1. The Morgan fingerprint density at radius 1 is 1.14 bits per heavy atom. The summed E-state index contributed by atoms with van der Waals surface area (Å²) in [5.41, 5.74) is 7.35. The quantitative estimate of drug-likeness (QED) is 0.668. The molecule has 0 spiro atoms. The smallest absolute Gasteiger partial charge is 0.261 e. The normalized spacial score (nSPS) is 11.4. The van der Waals surface area contributed by atoms with E-state index in [-0.39, 0.29) is 4.90 Å². The molecule has 0 atom stereocenters. The Kier molecular flexibility index (Phi) is 4.87. The average Bonchev–Trinajstić information content (AvgIpc) is 2.39. The number of rotatable bonds is 3. The number of nitrogens with one attached hydrogen (secondary N) is 1. The lowest BCUT2D eigenvalue weighted by Gasteiger charge is -2.12. The van der Waals surface area contributed by atoms with Gasteiger partial charge >= 0.3 is 0 Å². The number of anilines is 2. The lowest BCUT2D eigenvalue weighted by molar-refractivity contribution is 0.601. The molecule has 0 aliphatic carbocycles. The summed E-state index contributed by atoms with van der Waals surface area (Å²) in [7, 11) is -3.73. The van der Waals surface area contributed by atoms with Gasteiger partial charge in [-0.15, -0.1) is 0 Å². The van der Waals surface area contributed by atoms with Crippen LogP contribution >= 0.6 is 43.5 Å². The molecule has 4 nitrogen and oxygen atoms in total. The van der Waals surface area contributed by atoms with E-state index in [1.165, 1.54) is 18.2 Å². The highest BCUT2D eigenvalue weighted by atomic mass is 79.9. The Hall–Kier alpha value is -0.760. The van der Waals surface area contributed by atoms with Gasteiger partial charge in [-0.2, -0.15) is 0 Å². The first kappa shape index (κ1) is 16.6. The van der Waals surface area contributed by atoms with Crippen LogP contribution in [0.4, 0.5) is 11.4 Å². The van der Waals surface area contributed by atoms with Gasteiger partial charge < -0.3 is 5.73 Å². The molecule has 0 unspecified atom stereocenters. The van der Waals surface area contributed by atoms with Crippen LogP contribution in [0.5, 0.6) is 0 Å². The molecule has 0 heterocycles. The molecule has 0 bridgehead atoms.